The van der Waals surface area contributed by atoms with Gasteiger partial charge >= 0.3 is 5.97 Å². The average Bonchev–Trinajstić information content (AvgIpc) is 3.35. The zero-order valence-electron chi connectivity index (χ0n) is 19.5. The number of nitrogens with zero attached hydrogens (tertiary/aromatic N) is 2. The van der Waals surface area contributed by atoms with E-state index in [0.29, 0.717) is 19.4 Å². The number of hydrogen-bond acceptors (Lipinski definition) is 7. The van der Waals surface area contributed by atoms with Gasteiger partial charge in [0.15, 0.2) is 0 Å². The van der Waals surface area contributed by atoms with Crippen LogP contribution in [0.25, 0.3) is 10.9 Å². The predicted octanol–water partition coefficient (Wildman–Crippen LogP) is 5.78. The number of carboxylic acid groups (broad SMARTS) is 1. The van der Waals surface area contributed by atoms with Crippen molar-refractivity contribution in [2.75, 3.05) is 32.5 Å². The lowest BCUT2D eigenvalue weighted by molar-refractivity contribution is -0.146. The molecule has 1 aromatic carbocycles. The fourth-order valence-electron chi connectivity index (χ4n) is 4.61. The predicted molar refractivity (Wildman–Crippen MR) is 148 cm³/mol. The lowest BCUT2D eigenvalue weighted by Gasteiger charge is -2.36. The van der Waals surface area contributed by atoms with Crippen molar-refractivity contribution in [2.24, 2.45) is 11.8 Å². The number of thioether (sulfide) groups is 1. The summed E-state index contributed by atoms with van der Waals surface area (Å²) in [5.74, 6) is 0.631. The Kier molecular flexibility index (Phi) is 12.1. The van der Waals surface area contributed by atoms with Crippen molar-refractivity contribution in [3.63, 3.8) is 0 Å². The molecule has 3 aromatic rings. The molecule has 1 saturated heterocycles. The smallest absolute Gasteiger partial charge is 0.308 e. The third kappa shape index (κ3) is 7.71. The summed E-state index contributed by atoms with van der Waals surface area (Å²) in [5.41, 5.74) is 1.62. The van der Waals surface area contributed by atoms with Crippen LogP contribution in [0.1, 0.15) is 30.9 Å². The van der Waals surface area contributed by atoms with Gasteiger partial charge in [-0.3, -0.25) is 9.78 Å². The largest absolute Gasteiger partial charge is 0.497 e. The molecule has 0 bridgehead atoms. The van der Waals surface area contributed by atoms with E-state index >= 15 is 0 Å². The summed E-state index contributed by atoms with van der Waals surface area (Å²) < 4.78 is 6.63. The number of hydrogen-bond donors (Lipinski definition) is 2. The van der Waals surface area contributed by atoms with Gasteiger partial charge in [0, 0.05) is 30.4 Å². The molecule has 3 heterocycles. The minimum Gasteiger partial charge on any atom is -0.497 e. The number of aliphatic hydroxyl groups is 1. The summed E-state index contributed by atoms with van der Waals surface area (Å²) in [6.45, 7) is 2.38. The van der Waals surface area contributed by atoms with Gasteiger partial charge in [-0.15, -0.1) is 47.9 Å². The first-order chi connectivity index (χ1) is 16.0. The van der Waals surface area contributed by atoms with Crippen LogP contribution in [-0.2, 0) is 4.79 Å². The van der Waals surface area contributed by atoms with Gasteiger partial charge in [-0.05, 0) is 73.0 Å². The Balaban J connectivity index is 0.00000216. The minimum absolute atomic E-state index is 0. The maximum absolute atomic E-state index is 12.0. The molecular weight excluding hydrogens is 527 g/mol. The van der Waals surface area contributed by atoms with Crippen LogP contribution < -0.4 is 4.74 Å². The first kappa shape index (κ1) is 29.7. The van der Waals surface area contributed by atoms with Crippen molar-refractivity contribution in [2.45, 2.75) is 29.6 Å². The second-order valence-electron chi connectivity index (χ2n) is 8.45. The SMILES string of the molecule is COc1ccc2nccc(C(O)CC[C@@H]3CCN(CCSc4cccs4)C[C@@H]3C(=O)O)c2c1.Cl.Cl. The molecule has 2 N–H and O–H groups in total. The van der Waals surface area contributed by atoms with E-state index in [1.165, 1.54) is 4.21 Å². The Hall–Kier alpha value is -1.55. The Morgan fingerprint density at radius 3 is 2.86 bits per heavy atom. The number of pyridine rings is 1. The molecule has 0 amide bonds. The van der Waals surface area contributed by atoms with Crippen LogP contribution in [0.15, 0.2) is 52.2 Å². The van der Waals surface area contributed by atoms with Crippen molar-refractivity contribution < 1.29 is 19.7 Å². The number of carboxylic acids is 1. The van der Waals surface area contributed by atoms with E-state index in [-0.39, 0.29) is 30.7 Å². The van der Waals surface area contributed by atoms with E-state index in [2.05, 4.69) is 27.4 Å². The first-order valence-corrected chi connectivity index (χ1v) is 13.1. The van der Waals surface area contributed by atoms with Crippen LogP contribution in [-0.4, -0.2) is 58.6 Å². The zero-order valence-corrected chi connectivity index (χ0v) is 22.8. The average molecular weight is 560 g/mol. The summed E-state index contributed by atoms with van der Waals surface area (Å²) in [6, 6.07) is 11.7. The molecule has 192 valence electrons. The number of benzene rings is 1. The Bertz CT molecular complexity index is 1070. The van der Waals surface area contributed by atoms with Gasteiger partial charge in [-0.25, -0.2) is 0 Å². The van der Waals surface area contributed by atoms with Crippen molar-refractivity contribution in [3.05, 3.63) is 53.5 Å². The number of aromatic nitrogens is 1. The van der Waals surface area contributed by atoms with Crippen LogP contribution in [0, 0.1) is 11.8 Å². The molecule has 0 saturated carbocycles. The monoisotopic (exact) mass is 558 g/mol. The zero-order chi connectivity index (χ0) is 23.2. The van der Waals surface area contributed by atoms with Crippen LogP contribution >= 0.6 is 47.9 Å². The number of likely N-dealkylation sites (tertiary alicyclic amines) is 1. The molecule has 0 aliphatic carbocycles. The number of halogens is 2. The second-order valence-corrected chi connectivity index (χ2v) is 10.8. The Morgan fingerprint density at radius 2 is 2.14 bits per heavy atom. The summed E-state index contributed by atoms with van der Waals surface area (Å²) in [5, 5.41) is 23.8. The number of rotatable bonds is 10. The van der Waals surface area contributed by atoms with Gasteiger partial charge in [0.1, 0.15) is 5.75 Å². The van der Waals surface area contributed by atoms with Crippen molar-refractivity contribution >= 4 is 64.8 Å². The van der Waals surface area contributed by atoms with Crippen LogP contribution in [0.5, 0.6) is 5.75 Å². The minimum atomic E-state index is -0.732. The van der Waals surface area contributed by atoms with E-state index in [1.807, 2.05) is 36.0 Å². The number of fused-ring (bicyclic) bond motifs is 1. The molecule has 0 spiro atoms. The maximum atomic E-state index is 12.0. The molecule has 3 atom stereocenters. The molecule has 35 heavy (non-hydrogen) atoms. The molecule has 1 aliphatic heterocycles. The number of ether oxygens (including phenoxy) is 1. The van der Waals surface area contributed by atoms with E-state index < -0.39 is 18.0 Å². The van der Waals surface area contributed by atoms with Gasteiger partial charge in [0.05, 0.1) is 28.9 Å². The highest BCUT2D eigenvalue weighted by Gasteiger charge is 2.34. The summed E-state index contributed by atoms with van der Waals surface area (Å²) >= 11 is 3.57. The number of aliphatic carboxylic acids is 1. The molecule has 0 radical (unpaired) electrons. The van der Waals surface area contributed by atoms with Gasteiger partial charge in [-0.2, -0.15) is 0 Å². The van der Waals surface area contributed by atoms with E-state index in [9.17, 15) is 15.0 Å². The van der Waals surface area contributed by atoms with Gasteiger partial charge in [0.2, 0.25) is 0 Å². The lowest BCUT2D eigenvalue weighted by atomic mass is 9.81. The number of methoxy groups -OCH3 is 1. The van der Waals surface area contributed by atoms with E-state index in [0.717, 1.165) is 47.5 Å². The molecule has 2 aromatic heterocycles. The fraction of sp³-hybridized carbons (Fsp3) is 0.440. The van der Waals surface area contributed by atoms with Crippen LogP contribution in [0.3, 0.4) is 0 Å². The van der Waals surface area contributed by atoms with Crippen molar-refractivity contribution in [1.29, 1.82) is 0 Å². The quantitative estimate of drug-likeness (QED) is 0.305. The fourth-order valence-corrected chi connectivity index (χ4v) is 6.47. The Morgan fingerprint density at radius 1 is 1.31 bits per heavy atom. The standard InChI is InChI=1S/C25H30N2O4S2.2ClH/c1-31-18-5-6-22-20(15-18)19(8-10-26-22)23(28)7-4-17-9-11-27(16-21(17)25(29)30)12-14-33-24-3-2-13-32-24;;/h2-3,5-6,8,10,13,15,17,21,23,28H,4,7,9,11-12,14,16H2,1H3,(H,29,30);2*1H/t17-,21+,23?;;/m1../s1. The van der Waals surface area contributed by atoms with Crippen LogP contribution in [0.4, 0.5) is 0 Å². The number of thiophene rings is 1. The van der Waals surface area contributed by atoms with Crippen molar-refractivity contribution in [3.8, 4) is 5.75 Å². The second kappa shape index (κ2) is 14.3. The summed E-state index contributed by atoms with van der Waals surface area (Å²) in [4.78, 5) is 18.7. The maximum Gasteiger partial charge on any atom is 0.308 e. The molecular formula is C25H32Cl2N2O4S2. The van der Waals surface area contributed by atoms with Crippen molar-refractivity contribution in [1.82, 2.24) is 9.88 Å². The molecule has 1 fully saturated rings. The first-order valence-electron chi connectivity index (χ1n) is 11.3. The number of aliphatic hydroxyl groups excluding tert-OH is 1. The Labute approximate surface area is 226 Å². The van der Waals surface area contributed by atoms with E-state index in [1.54, 1.807) is 24.6 Å². The third-order valence-corrected chi connectivity index (χ3v) is 8.57. The number of carbonyl (C=O) groups is 1. The highest BCUT2D eigenvalue weighted by atomic mass is 35.5. The molecule has 4 rings (SSSR count). The normalized spacial score (nSPS) is 18.9. The highest BCUT2D eigenvalue weighted by Crippen LogP contribution is 2.34. The van der Waals surface area contributed by atoms with Gasteiger partial charge in [-0.1, -0.05) is 6.07 Å². The molecule has 6 nitrogen and oxygen atoms in total. The third-order valence-electron chi connectivity index (χ3n) is 6.46. The van der Waals surface area contributed by atoms with E-state index in [4.69, 9.17) is 4.74 Å². The molecule has 1 aliphatic rings. The molecule has 10 heteroatoms. The summed E-state index contributed by atoms with van der Waals surface area (Å²) in [6.07, 6.45) is 3.10. The lowest BCUT2D eigenvalue weighted by Crippen LogP contribution is -2.44. The van der Waals surface area contributed by atoms with Crippen LogP contribution in [0.2, 0.25) is 0 Å². The summed E-state index contributed by atoms with van der Waals surface area (Å²) in [7, 11) is 1.62. The van der Waals surface area contributed by atoms with Gasteiger partial charge < -0.3 is 19.8 Å². The highest BCUT2D eigenvalue weighted by molar-refractivity contribution is 8.01. The topological polar surface area (TPSA) is 82.9 Å². The molecule has 1 unspecified atom stereocenters. The van der Waals surface area contributed by atoms with Gasteiger partial charge in [0.25, 0.3) is 0 Å². The number of piperidine rings is 1.